The molecule has 0 bridgehead atoms. The van der Waals surface area contributed by atoms with Gasteiger partial charge in [-0.15, -0.1) is 0 Å². The largest absolute Gasteiger partial charge is 0.481 e. The van der Waals surface area contributed by atoms with Crippen molar-refractivity contribution in [3.05, 3.63) is 0 Å². The Morgan fingerprint density at radius 3 is 1.43 bits per heavy atom. The van der Waals surface area contributed by atoms with Crippen molar-refractivity contribution in [1.82, 2.24) is 0 Å². The van der Waals surface area contributed by atoms with Gasteiger partial charge in [-0.3, -0.25) is 14.4 Å². The van der Waals surface area contributed by atoms with Crippen LogP contribution >= 0.6 is 0 Å². The second-order valence-electron chi connectivity index (χ2n) is 2.46. The van der Waals surface area contributed by atoms with Gasteiger partial charge in [0.05, 0.1) is 0 Å². The van der Waals surface area contributed by atoms with Crippen LogP contribution in [0.1, 0.15) is 32.6 Å². The number of carboxylic acids is 3. The second kappa shape index (κ2) is 9.50. The van der Waals surface area contributed by atoms with E-state index in [0.717, 1.165) is 12.8 Å². The lowest BCUT2D eigenvalue weighted by atomic mass is 10.3. The molecule has 0 radical (unpaired) electrons. The molecule has 0 heterocycles. The van der Waals surface area contributed by atoms with E-state index in [1.165, 1.54) is 0 Å². The highest BCUT2D eigenvalue weighted by Crippen LogP contribution is 1.91. The molecule has 0 aromatic carbocycles. The molecule has 82 valence electrons. The van der Waals surface area contributed by atoms with Gasteiger partial charge in [0.15, 0.2) is 0 Å². The predicted octanol–water partition coefficient (Wildman–Crippen LogP) is 0.807. The topological polar surface area (TPSA) is 112 Å². The van der Waals surface area contributed by atoms with Crippen LogP contribution in [-0.4, -0.2) is 33.2 Å². The monoisotopic (exact) mass is 206 g/mol. The van der Waals surface area contributed by atoms with E-state index in [0.29, 0.717) is 6.42 Å². The first kappa shape index (κ1) is 14.9. The third-order valence-electron chi connectivity index (χ3n) is 1.05. The van der Waals surface area contributed by atoms with Crippen LogP contribution in [0.4, 0.5) is 0 Å². The van der Waals surface area contributed by atoms with Gasteiger partial charge >= 0.3 is 17.9 Å². The summed E-state index contributed by atoms with van der Waals surface area (Å²) in [6.45, 7) is 1.98. The molecule has 0 rings (SSSR count). The van der Waals surface area contributed by atoms with Crippen molar-refractivity contribution in [1.29, 1.82) is 0 Å². The summed E-state index contributed by atoms with van der Waals surface area (Å²) >= 11 is 0. The number of hydrogen-bond donors (Lipinski definition) is 3. The van der Waals surface area contributed by atoms with Crippen LogP contribution in [0, 0.1) is 0 Å². The summed E-state index contributed by atoms with van der Waals surface area (Å²) in [5.41, 5.74) is 0. The van der Waals surface area contributed by atoms with Crippen molar-refractivity contribution in [2.75, 3.05) is 0 Å². The van der Waals surface area contributed by atoms with Crippen LogP contribution in [0.15, 0.2) is 0 Å². The normalized spacial score (nSPS) is 8.36. The smallest absolute Gasteiger partial charge is 0.314 e. The molecule has 0 fully saturated rings. The quantitative estimate of drug-likeness (QED) is 0.574. The molecular formula is C8H14O6. The average molecular weight is 206 g/mol. The van der Waals surface area contributed by atoms with Crippen LogP contribution in [0.25, 0.3) is 0 Å². The van der Waals surface area contributed by atoms with Crippen molar-refractivity contribution < 1.29 is 29.7 Å². The van der Waals surface area contributed by atoms with Gasteiger partial charge in [0, 0.05) is 6.42 Å². The van der Waals surface area contributed by atoms with E-state index in [9.17, 15) is 14.4 Å². The van der Waals surface area contributed by atoms with E-state index >= 15 is 0 Å². The minimum atomic E-state index is -1.31. The molecule has 0 atom stereocenters. The first-order valence-electron chi connectivity index (χ1n) is 4.05. The first-order chi connectivity index (χ1) is 6.40. The molecule has 0 spiro atoms. The van der Waals surface area contributed by atoms with Crippen LogP contribution in [0.3, 0.4) is 0 Å². The molecule has 0 unspecified atom stereocenters. The summed E-state index contributed by atoms with van der Waals surface area (Å²) in [6.07, 6.45) is 1.28. The van der Waals surface area contributed by atoms with Gasteiger partial charge in [-0.05, 0) is 6.42 Å². The number of rotatable bonds is 5. The van der Waals surface area contributed by atoms with Gasteiger partial charge in [-0.25, -0.2) is 0 Å². The lowest BCUT2D eigenvalue weighted by molar-refractivity contribution is -0.147. The Balaban J connectivity index is 0. The highest BCUT2D eigenvalue weighted by molar-refractivity contribution is 5.88. The molecule has 14 heavy (non-hydrogen) atoms. The fraction of sp³-hybridized carbons (Fsp3) is 0.625. The van der Waals surface area contributed by atoms with Gasteiger partial charge in [0.25, 0.3) is 0 Å². The lowest BCUT2D eigenvalue weighted by Crippen LogP contribution is -2.03. The summed E-state index contributed by atoms with van der Waals surface area (Å²) < 4.78 is 0. The van der Waals surface area contributed by atoms with Gasteiger partial charge in [-0.1, -0.05) is 13.3 Å². The molecule has 0 amide bonds. The zero-order valence-corrected chi connectivity index (χ0v) is 7.89. The number of carboxylic acid groups (broad SMARTS) is 3. The lowest BCUT2D eigenvalue weighted by Gasteiger charge is -1.85. The zero-order chi connectivity index (χ0) is 11.6. The summed E-state index contributed by atoms with van der Waals surface area (Å²) in [5, 5.41) is 23.5. The zero-order valence-electron chi connectivity index (χ0n) is 7.89. The highest BCUT2D eigenvalue weighted by Gasteiger charge is 2.01. The fourth-order valence-corrected chi connectivity index (χ4v) is 0.457. The molecular weight excluding hydrogens is 192 g/mol. The molecule has 0 aliphatic heterocycles. The molecule has 0 saturated carbocycles. The molecule has 0 aliphatic rings. The Labute approximate surface area is 81.2 Å². The molecule has 0 saturated heterocycles. The van der Waals surface area contributed by atoms with Gasteiger partial charge in [0.1, 0.15) is 6.42 Å². The minimum Gasteiger partial charge on any atom is -0.481 e. The van der Waals surface area contributed by atoms with E-state index in [4.69, 9.17) is 15.3 Å². The minimum absolute atomic E-state index is 0.316. The van der Waals surface area contributed by atoms with Crippen LogP contribution < -0.4 is 0 Å². The van der Waals surface area contributed by atoms with E-state index in [-0.39, 0.29) is 0 Å². The van der Waals surface area contributed by atoms with Crippen molar-refractivity contribution in [2.45, 2.75) is 32.6 Å². The molecule has 0 aromatic heterocycles. The Morgan fingerprint density at radius 1 is 0.929 bits per heavy atom. The van der Waals surface area contributed by atoms with Crippen LogP contribution in [-0.2, 0) is 14.4 Å². The summed E-state index contributed by atoms with van der Waals surface area (Å²) in [5.74, 6) is -3.32. The highest BCUT2D eigenvalue weighted by atomic mass is 16.4. The summed E-state index contributed by atoms with van der Waals surface area (Å²) in [7, 11) is 0. The fourth-order valence-electron chi connectivity index (χ4n) is 0.457. The van der Waals surface area contributed by atoms with Crippen LogP contribution in [0.2, 0.25) is 0 Å². The average Bonchev–Trinajstić information content (AvgIpc) is 1.99. The van der Waals surface area contributed by atoms with Gasteiger partial charge < -0.3 is 15.3 Å². The Kier molecular flexibility index (Phi) is 10.1. The van der Waals surface area contributed by atoms with E-state index < -0.39 is 24.3 Å². The number of unbranched alkanes of at least 4 members (excludes halogenated alkanes) is 1. The second-order valence-corrected chi connectivity index (χ2v) is 2.46. The summed E-state index contributed by atoms with van der Waals surface area (Å²) in [6, 6.07) is 0. The van der Waals surface area contributed by atoms with Gasteiger partial charge in [-0.2, -0.15) is 0 Å². The van der Waals surface area contributed by atoms with E-state index in [2.05, 4.69) is 0 Å². The summed E-state index contributed by atoms with van der Waals surface area (Å²) in [4.78, 5) is 28.6. The van der Waals surface area contributed by atoms with Crippen molar-refractivity contribution >= 4 is 17.9 Å². The first-order valence-corrected chi connectivity index (χ1v) is 4.05. The maximum absolute atomic E-state index is 9.76. The molecule has 6 nitrogen and oxygen atoms in total. The van der Waals surface area contributed by atoms with E-state index in [1.54, 1.807) is 0 Å². The van der Waals surface area contributed by atoms with Crippen LogP contribution in [0.5, 0.6) is 0 Å². The number of hydrogen-bond acceptors (Lipinski definition) is 3. The Bertz CT molecular complexity index is 186. The standard InChI is InChI=1S/C5H10O2.C3H4O4/c1-2-3-4-5(6)7;4-2(5)1-3(6)7/h2-4H2,1H3,(H,6,7);1H2,(H,4,5)(H,6,7). The maximum Gasteiger partial charge on any atom is 0.314 e. The van der Waals surface area contributed by atoms with Crippen molar-refractivity contribution in [3.63, 3.8) is 0 Å². The third-order valence-corrected chi connectivity index (χ3v) is 1.05. The Hall–Kier alpha value is -1.59. The molecule has 3 N–H and O–H groups in total. The number of aliphatic carboxylic acids is 3. The Morgan fingerprint density at radius 2 is 1.36 bits per heavy atom. The molecule has 0 aliphatic carbocycles. The third kappa shape index (κ3) is 22.4. The predicted molar refractivity (Wildman–Crippen MR) is 47.0 cm³/mol. The molecule has 0 aromatic rings. The maximum atomic E-state index is 9.76. The van der Waals surface area contributed by atoms with Crippen molar-refractivity contribution in [2.24, 2.45) is 0 Å². The SMILES string of the molecule is CCCCC(=O)O.O=C(O)CC(=O)O. The molecule has 6 heteroatoms. The van der Waals surface area contributed by atoms with Crippen molar-refractivity contribution in [3.8, 4) is 0 Å². The van der Waals surface area contributed by atoms with Gasteiger partial charge in [0.2, 0.25) is 0 Å². The number of carbonyl (C=O) groups is 3. The van der Waals surface area contributed by atoms with E-state index in [1.807, 2.05) is 6.92 Å².